The summed E-state index contributed by atoms with van der Waals surface area (Å²) in [6.07, 6.45) is 3.45. The van der Waals surface area contributed by atoms with E-state index in [1.807, 2.05) is 11.8 Å². The first-order valence-corrected chi connectivity index (χ1v) is 8.57. The van der Waals surface area contributed by atoms with Gasteiger partial charge >= 0.3 is 0 Å². The Balaban J connectivity index is 1.85. The second kappa shape index (κ2) is 7.03. The molecule has 1 amide bonds. The minimum Gasteiger partial charge on any atom is -0.378 e. The van der Waals surface area contributed by atoms with Crippen molar-refractivity contribution in [2.45, 2.75) is 43.5 Å². The number of rotatable bonds is 5. The van der Waals surface area contributed by atoms with Crippen molar-refractivity contribution in [1.29, 1.82) is 0 Å². The SMILES string of the molecule is CC(SS)C(=O)N1CCCCC1CNC1COC1. The van der Waals surface area contributed by atoms with Gasteiger partial charge in [-0.05, 0) is 26.2 Å². The Bertz CT molecular complexity index is 287. The maximum Gasteiger partial charge on any atom is 0.236 e. The van der Waals surface area contributed by atoms with E-state index in [9.17, 15) is 4.79 Å². The molecule has 2 unspecified atom stereocenters. The van der Waals surface area contributed by atoms with Crippen molar-refractivity contribution in [2.24, 2.45) is 0 Å². The molecule has 2 heterocycles. The molecule has 18 heavy (non-hydrogen) atoms. The van der Waals surface area contributed by atoms with E-state index in [4.69, 9.17) is 4.74 Å². The monoisotopic (exact) mass is 290 g/mol. The Morgan fingerprint density at radius 1 is 1.56 bits per heavy atom. The lowest BCUT2D eigenvalue weighted by Crippen LogP contribution is -2.55. The summed E-state index contributed by atoms with van der Waals surface area (Å²) in [7, 11) is 1.33. The second-order valence-corrected chi connectivity index (χ2v) is 6.62. The molecular weight excluding hydrogens is 268 g/mol. The number of ether oxygens (including phenoxy) is 1. The lowest BCUT2D eigenvalue weighted by atomic mass is 10.0. The van der Waals surface area contributed by atoms with Crippen molar-refractivity contribution in [3.63, 3.8) is 0 Å². The van der Waals surface area contributed by atoms with Crippen LogP contribution in [-0.2, 0) is 9.53 Å². The lowest BCUT2D eigenvalue weighted by molar-refractivity contribution is -0.134. The minimum absolute atomic E-state index is 0.0547. The fraction of sp³-hybridized carbons (Fsp3) is 0.917. The normalized spacial score (nSPS) is 26.8. The predicted octanol–water partition coefficient (Wildman–Crippen LogP) is 1.32. The molecule has 6 heteroatoms. The molecule has 2 saturated heterocycles. The lowest BCUT2D eigenvalue weighted by Gasteiger charge is -2.38. The molecule has 2 aliphatic rings. The molecule has 2 rings (SSSR count). The number of carbonyl (C=O) groups excluding carboxylic acids is 1. The Labute approximate surface area is 118 Å². The summed E-state index contributed by atoms with van der Waals surface area (Å²) in [4.78, 5) is 14.3. The minimum atomic E-state index is -0.0547. The van der Waals surface area contributed by atoms with Crippen LogP contribution in [0.3, 0.4) is 0 Å². The van der Waals surface area contributed by atoms with Gasteiger partial charge in [0.1, 0.15) is 0 Å². The summed E-state index contributed by atoms with van der Waals surface area (Å²) < 4.78 is 5.15. The molecule has 4 nitrogen and oxygen atoms in total. The molecule has 0 saturated carbocycles. The van der Waals surface area contributed by atoms with E-state index in [1.165, 1.54) is 17.2 Å². The third-order valence-electron chi connectivity index (χ3n) is 3.70. The third kappa shape index (κ3) is 3.56. The smallest absolute Gasteiger partial charge is 0.236 e. The highest BCUT2D eigenvalue weighted by Gasteiger charge is 2.30. The van der Waals surface area contributed by atoms with E-state index < -0.39 is 0 Å². The Morgan fingerprint density at radius 3 is 2.94 bits per heavy atom. The molecule has 2 aliphatic heterocycles. The van der Waals surface area contributed by atoms with E-state index in [2.05, 4.69) is 17.0 Å². The average Bonchev–Trinajstić information content (AvgIpc) is 2.35. The Morgan fingerprint density at radius 2 is 2.33 bits per heavy atom. The van der Waals surface area contributed by atoms with E-state index in [0.29, 0.717) is 12.1 Å². The first-order valence-electron chi connectivity index (χ1n) is 6.64. The van der Waals surface area contributed by atoms with Crippen LogP contribution >= 0.6 is 22.5 Å². The van der Waals surface area contributed by atoms with Crippen molar-refractivity contribution >= 4 is 28.4 Å². The van der Waals surface area contributed by atoms with Gasteiger partial charge in [0.15, 0.2) is 0 Å². The summed E-state index contributed by atoms with van der Waals surface area (Å²) in [6.45, 7) is 5.33. The van der Waals surface area contributed by atoms with Gasteiger partial charge in [0.05, 0.1) is 24.5 Å². The molecule has 0 spiro atoms. The standard InChI is InChI=1S/C12H22N2O2S2/c1-9(18-17)12(15)14-5-3-2-4-11(14)6-13-10-7-16-8-10/h9-11,13,17H,2-8H2,1H3. The van der Waals surface area contributed by atoms with Crippen LogP contribution in [0, 0.1) is 0 Å². The average molecular weight is 290 g/mol. The number of nitrogens with one attached hydrogen (secondary N) is 1. The van der Waals surface area contributed by atoms with E-state index >= 15 is 0 Å². The summed E-state index contributed by atoms with van der Waals surface area (Å²) in [6, 6.07) is 0.829. The molecule has 0 aliphatic carbocycles. The number of piperidine rings is 1. The quantitative estimate of drug-likeness (QED) is 0.592. The van der Waals surface area contributed by atoms with Crippen molar-refractivity contribution in [3.8, 4) is 0 Å². The fourth-order valence-electron chi connectivity index (χ4n) is 2.44. The van der Waals surface area contributed by atoms with Crippen LogP contribution in [0.1, 0.15) is 26.2 Å². The number of carbonyl (C=O) groups is 1. The summed E-state index contributed by atoms with van der Waals surface area (Å²) in [5.74, 6) is 0.228. The molecule has 0 radical (unpaired) electrons. The van der Waals surface area contributed by atoms with E-state index in [-0.39, 0.29) is 11.2 Å². The number of hydrogen-bond acceptors (Lipinski definition) is 5. The van der Waals surface area contributed by atoms with Gasteiger partial charge in [-0.15, -0.1) is 11.7 Å². The summed E-state index contributed by atoms with van der Waals surface area (Å²) in [5, 5.41) is 3.43. The van der Waals surface area contributed by atoms with Gasteiger partial charge in [0.25, 0.3) is 0 Å². The zero-order chi connectivity index (χ0) is 13.0. The molecular formula is C12H22N2O2S2. The van der Waals surface area contributed by atoms with Gasteiger partial charge in [0.2, 0.25) is 5.91 Å². The van der Waals surface area contributed by atoms with Gasteiger partial charge < -0.3 is 15.0 Å². The van der Waals surface area contributed by atoms with Gasteiger partial charge in [0, 0.05) is 19.1 Å². The fourth-order valence-corrected chi connectivity index (χ4v) is 2.93. The number of thiol groups is 1. The van der Waals surface area contributed by atoms with Crippen molar-refractivity contribution in [3.05, 3.63) is 0 Å². The van der Waals surface area contributed by atoms with Crippen LogP contribution in [0.2, 0.25) is 0 Å². The van der Waals surface area contributed by atoms with Gasteiger partial charge in [-0.25, -0.2) is 0 Å². The zero-order valence-electron chi connectivity index (χ0n) is 10.8. The van der Waals surface area contributed by atoms with E-state index in [0.717, 1.165) is 39.1 Å². The molecule has 0 aromatic carbocycles. The maximum atomic E-state index is 12.3. The van der Waals surface area contributed by atoms with Gasteiger partial charge in [-0.1, -0.05) is 10.8 Å². The highest BCUT2D eigenvalue weighted by molar-refractivity contribution is 8.69. The number of likely N-dealkylation sites (tertiary alicyclic amines) is 1. The molecule has 0 aromatic heterocycles. The van der Waals surface area contributed by atoms with Gasteiger partial charge in [-0.3, -0.25) is 4.79 Å². The summed E-state index contributed by atoms with van der Waals surface area (Å²) in [5.41, 5.74) is 0. The second-order valence-electron chi connectivity index (χ2n) is 5.07. The van der Waals surface area contributed by atoms with Crippen molar-refractivity contribution in [1.82, 2.24) is 10.2 Å². The first-order chi connectivity index (χ1) is 8.72. The van der Waals surface area contributed by atoms with Crippen molar-refractivity contribution < 1.29 is 9.53 Å². The van der Waals surface area contributed by atoms with Crippen molar-refractivity contribution in [2.75, 3.05) is 26.3 Å². The zero-order valence-corrected chi connectivity index (χ0v) is 12.5. The van der Waals surface area contributed by atoms with Crippen LogP contribution in [-0.4, -0.2) is 54.4 Å². The molecule has 2 fully saturated rings. The highest BCUT2D eigenvalue weighted by atomic mass is 33.1. The van der Waals surface area contributed by atoms with Crippen LogP contribution < -0.4 is 5.32 Å². The Hall–Kier alpha value is 0.0900. The highest BCUT2D eigenvalue weighted by Crippen LogP contribution is 2.23. The molecule has 0 aromatic rings. The molecule has 1 N–H and O–H groups in total. The number of amides is 1. The van der Waals surface area contributed by atoms with E-state index in [1.54, 1.807) is 0 Å². The van der Waals surface area contributed by atoms with Crippen LogP contribution in [0.15, 0.2) is 0 Å². The number of hydrogen-bond donors (Lipinski definition) is 2. The number of nitrogens with zero attached hydrogens (tertiary/aromatic N) is 1. The predicted molar refractivity (Wildman–Crippen MR) is 78.0 cm³/mol. The third-order valence-corrected chi connectivity index (χ3v) is 5.16. The topological polar surface area (TPSA) is 41.6 Å². The largest absolute Gasteiger partial charge is 0.378 e. The van der Waals surface area contributed by atoms with Gasteiger partial charge in [-0.2, -0.15) is 0 Å². The van der Waals surface area contributed by atoms with Crippen LogP contribution in [0.4, 0.5) is 0 Å². The molecule has 104 valence electrons. The Kier molecular flexibility index (Phi) is 5.66. The molecule has 2 atom stereocenters. The maximum absolute atomic E-state index is 12.3. The molecule has 0 bridgehead atoms. The summed E-state index contributed by atoms with van der Waals surface area (Å²) >= 11 is 4.15. The van der Waals surface area contributed by atoms with Crippen LogP contribution in [0.25, 0.3) is 0 Å². The van der Waals surface area contributed by atoms with Crippen LogP contribution in [0.5, 0.6) is 0 Å². The first kappa shape index (κ1) is 14.5.